The Hall–Kier alpha value is -0.900. The van der Waals surface area contributed by atoms with E-state index >= 15 is 0 Å². The second-order valence-corrected chi connectivity index (χ2v) is 5.93. The highest BCUT2D eigenvalue weighted by Gasteiger charge is 2.30. The zero-order chi connectivity index (χ0) is 15.4. The Bertz CT molecular complexity index is 287. The molecule has 1 atom stereocenters. The minimum absolute atomic E-state index is 0.0863. The van der Waals surface area contributed by atoms with Gasteiger partial charge >= 0.3 is 0 Å². The molecule has 0 bridgehead atoms. The average molecular weight is 285 g/mol. The Morgan fingerprint density at radius 1 is 0.950 bits per heavy atom. The first-order chi connectivity index (χ1) is 9.40. The minimum Gasteiger partial charge on any atom is -0.380 e. The molecule has 0 radical (unpaired) electrons. The minimum atomic E-state index is -1.70. The van der Waals surface area contributed by atoms with Gasteiger partial charge in [-0.1, -0.05) is 58.3 Å². The predicted octanol–water partition coefficient (Wildman–Crippen LogP) is 3.10. The van der Waals surface area contributed by atoms with E-state index in [1.54, 1.807) is 0 Å². The monoisotopic (exact) mass is 285 g/mol. The molecule has 0 spiro atoms. The van der Waals surface area contributed by atoms with Gasteiger partial charge in [-0.15, -0.1) is 0 Å². The molecule has 0 rings (SSSR count). The summed E-state index contributed by atoms with van der Waals surface area (Å²) in [4.78, 5) is 22.5. The summed E-state index contributed by atoms with van der Waals surface area (Å²) in [5, 5.41) is 9.61. The molecule has 0 aliphatic heterocycles. The van der Waals surface area contributed by atoms with Gasteiger partial charge in [-0.05, 0) is 13.3 Å². The maximum atomic E-state index is 11.6. The predicted molar refractivity (Wildman–Crippen MR) is 81.3 cm³/mol. The fraction of sp³-hybridized carbons (Fsp3) is 0.875. The van der Waals surface area contributed by atoms with Gasteiger partial charge in [-0.25, -0.2) is 0 Å². The third-order valence-electron chi connectivity index (χ3n) is 3.63. The van der Waals surface area contributed by atoms with E-state index in [1.165, 1.54) is 45.4 Å². The molecule has 0 aliphatic rings. The van der Waals surface area contributed by atoms with Crippen LogP contribution in [0.15, 0.2) is 0 Å². The number of ketones is 1. The Labute approximate surface area is 123 Å². The lowest BCUT2D eigenvalue weighted by atomic mass is 9.96. The number of rotatable bonds is 13. The largest absolute Gasteiger partial charge is 0.380 e. The van der Waals surface area contributed by atoms with Crippen molar-refractivity contribution in [3.63, 3.8) is 0 Å². The van der Waals surface area contributed by atoms with E-state index in [0.717, 1.165) is 19.3 Å². The molecular formula is C16H31NO3. The quantitative estimate of drug-likeness (QED) is 0.510. The smallest absolute Gasteiger partial charge is 0.249 e. The van der Waals surface area contributed by atoms with Crippen molar-refractivity contribution in [2.24, 2.45) is 5.73 Å². The first-order valence-electron chi connectivity index (χ1n) is 7.94. The Balaban J connectivity index is 3.47. The van der Waals surface area contributed by atoms with E-state index in [9.17, 15) is 14.7 Å². The van der Waals surface area contributed by atoms with Crippen molar-refractivity contribution < 1.29 is 14.7 Å². The molecule has 118 valence electrons. The van der Waals surface area contributed by atoms with Crippen LogP contribution in [0.2, 0.25) is 0 Å². The molecule has 3 N–H and O–H groups in total. The van der Waals surface area contributed by atoms with E-state index < -0.39 is 11.5 Å². The molecule has 0 heterocycles. The molecule has 0 aliphatic carbocycles. The molecule has 1 unspecified atom stereocenters. The number of Topliss-reactive ketones (excluding diaryl/α,β-unsaturated/α-hetero) is 1. The molecule has 0 aromatic rings. The number of nitrogens with two attached hydrogens (primary N) is 1. The van der Waals surface area contributed by atoms with Crippen LogP contribution in [0.1, 0.15) is 84.5 Å². The number of unbranched alkanes of at least 4 members (excludes halogenated alkanes) is 8. The molecule has 0 saturated carbocycles. The van der Waals surface area contributed by atoms with E-state index in [4.69, 9.17) is 5.73 Å². The fourth-order valence-electron chi connectivity index (χ4n) is 2.19. The highest BCUT2D eigenvalue weighted by molar-refractivity contribution is 5.90. The summed E-state index contributed by atoms with van der Waals surface area (Å²) >= 11 is 0. The molecule has 4 heteroatoms. The highest BCUT2D eigenvalue weighted by Crippen LogP contribution is 2.14. The van der Waals surface area contributed by atoms with Crippen molar-refractivity contribution in [1.82, 2.24) is 0 Å². The number of hydrogen-bond donors (Lipinski definition) is 2. The second-order valence-electron chi connectivity index (χ2n) is 5.93. The van der Waals surface area contributed by atoms with Crippen molar-refractivity contribution in [3.05, 3.63) is 0 Å². The van der Waals surface area contributed by atoms with Crippen LogP contribution in [0, 0.1) is 0 Å². The fourth-order valence-corrected chi connectivity index (χ4v) is 2.19. The third-order valence-corrected chi connectivity index (χ3v) is 3.63. The van der Waals surface area contributed by atoms with Crippen LogP contribution < -0.4 is 5.73 Å². The Kier molecular flexibility index (Phi) is 10.3. The molecule has 0 aromatic heterocycles. The number of primary amides is 1. The van der Waals surface area contributed by atoms with Crippen LogP contribution in [0.5, 0.6) is 0 Å². The second kappa shape index (κ2) is 10.8. The normalized spacial score (nSPS) is 13.9. The third kappa shape index (κ3) is 9.96. The lowest BCUT2D eigenvalue weighted by Crippen LogP contribution is -2.42. The number of amides is 1. The number of carbonyl (C=O) groups is 2. The van der Waals surface area contributed by atoms with Crippen LogP contribution in [0.25, 0.3) is 0 Å². The van der Waals surface area contributed by atoms with Gasteiger partial charge < -0.3 is 10.8 Å². The highest BCUT2D eigenvalue weighted by atomic mass is 16.3. The molecular weight excluding hydrogens is 254 g/mol. The zero-order valence-electron chi connectivity index (χ0n) is 13.1. The van der Waals surface area contributed by atoms with Gasteiger partial charge in [0.2, 0.25) is 5.91 Å². The van der Waals surface area contributed by atoms with Gasteiger partial charge in [0.15, 0.2) is 0 Å². The van der Waals surface area contributed by atoms with Crippen LogP contribution in [-0.2, 0) is 9.59 Å². The molecule has 1 amide bonds. The zero-order valence-corrected chi connectivity index (χ0v) is 13.1. The molecule has 4 nitrogen and oxygen atoms in total. The summed E-state index contributed by atoms with van der Waals surface area (Å²) in [7, 11) is 0. The molecule has 0 aromatic carbocycles. The first-order valence-corrected chi connectivity index (χ1v) is 7.94. The van der Waals surface area contributed by atoms with Gasteiger partial charge in [-0.3, -0.25) is 9.59 Å². The summed E-state index contributed by atoms with van der Waals surface area (Å²) in [6, 6.07) is 0. The van der Waals surface area contributed by atoms with Crippen molar-refractivity contribution in [1.29, 1.82) is 0 Å². The average Bonchev–Trinajstić information content (AvgIpc) is 2.36. The standard InChI is InChI=1S/C16H31NO3/c1-3-4-5-6-7-8-9-10-11-12-14(18)13-16(2,20)15(17)19/h20H,3-13H2,1-2H3,(H2,17,19). The summed E-state index contributed by atoms with van der Waals surface area (Å²) in [5.74, 6) is -0.922. The van der Waals surface area contributed by atoms with Crippen LogP contribution in [-0.4, -0.2) is 22.4 Å². The van der Waals surface area contributed by atoms with Gasteiger partial charge in [0, 0.05) is 12.8 Å². The number of carbonyl (C=O) groups excluding carboxylic acids is 2. The van der Waals surface area contributed by atoms with Crippen LogP contribution in [0.4, 0.5) is 0 Å². The van der Waals surface area contributed by atoms with Gasteiger partial charge in [0.05, 0.1) is 0 Å². The maximum absolute atomic E-state index is 11.6. The first kappa shape index (κ1) is 19.1. The maximum Gasteiger partial charge on any atom is 0.249 e. The topological polar surface area (TPSA) is 80.4 Å². The van der Waals surface area contributed by atoms with E-state index in [1.807, 2.05) is 0 Å². The molecule has 0 fully saturated rings. The summed E-state index contributed by atoms with van der Waals surface area (Å²) in [5.41, 5.74) is 3.32. The molecule has 20 heavy (non-hydrogen) atoms. The van der Waals surface area contributed by atoms with Gasteiger partial charge in [0.1, 0.15) is 11.4 Å². The van der Waals surface area contributed by atoms with Crippen LogP contribution in [0.3, 0.4) is 0 Å². The van der Waals surface area contributed by atoms with Gasteiger partial charge in [-0.2, -0.15) is 0 Å². The lowest BCUT2D eigenvalue weighted by Gasteiger charge is -2.17. The van der Waals surface area contributed by atoms with Crippen molar-refractivity contribution >= 4 is 11.7 Å². The summed E-state index contributed by atoms with van der Waals surface area (Å²) in [6.07, 6.45) is 11.1. The van der Waals surface area contributed by atoms with Gasteiger partial charge in [0.25, 0.3) is 0 Å². The van der Waals surface area contributed by atoms with E-state index in [0.29, 0.717) is 6.42 Å². The van der Waals surface area contributed by atoms with Crippen LogP contribution >= 0.6 is 0 Å². The Morgan fingerprint density at radius 3 is 1.85 bits per heavy atom. The SMILES string of the molecule is CCCCCCCCCCCC(=O)CC(C)(O)C(N)=O. The number of hydrogen-bond acceptors (Lipinski definition) is 3. The van der Waals surface area contributed by atoms with E-state index in [-0.39, 0.29) is 12.2 Å². The summed E-state index contributed by atoms with van der Waals surface area (Å²) in [6.45, 7) is 3.51. The summed E-state index contributed by atoms with van der Waals surface area (Å²) < 4.78 is 0. The number of aliphatic hydroxyl groups is 1. The van der Waals surface area contributed by atoms with Crippen molar-refractivity contribution in [3.8, 4) is 0 Å². The van der Waals surface area contributed by atoms with Crippen molar-refractivity contribution in [2.75, 3.05) is 0 Å². The van der Waals surface area contributed by atoms with E-state index in [2.05, 4.69) is 6.92 Å². The lowest BCUT2D eigenvalue weighted by molar-refractivity contribution is -0.140. The van der Waals surface area contributed by atoms with Crippen molar-refractivity contribution in [2.45, 2.75) is 90.1 Å². The molecule has 0 saturated heterocycles. The Morgan fingerprint density at radius 2 is 1.40 bits per heavy atom.